The van der Waals surface area contributed by atoms with Crippen LogP contribution < -0.4 is 10.9 Å². The number of hydrogen-bond donors (Lipinski definition) is 1. The van der Waals surface area contributed by atoms with Crippen LogP contribution in [-0.2, 0) is 6.54 Å². The zero-order valence-corrected chi connectivity index (χ0v) is 12.9. The minimum atomic E-state index is -0.0503. The van der Waals surface area contributed by atoms with Crippen molar-refractivity contribution in [3.63, 3.8) is 0 Å². The predicted octanol–water partition coefficient (Wildman–Crippen LogP) is 1.43. The van der Waals surface area contributed by atoms with Crippen LogP contribution in [0, 0.1) is 10.5 Å². The third-order valence-electron chi connectivity index (χ3n) is 2.55. The van der Waals surface area contributed by atoms with Crippen molar-refractivity contribution in [2.75, 3.05) is 11.9 Å². The molecule has 0 radical (unpaired) electrons. The van der Waals surface area contributed by atoms with Crippen LogP contribution in [-0.4, -0.2) is 26.1 Å². The summed E-state index contributed by atoms with van der Waals surface area (Å²) >= 11 is 2.01. The smallest absolute Gasteiger partial charge is 0.267 e. The largest absolute Gasteiger partial charge is 0.369 e. The van der Waals surface area contributed by atoms with Gasteiger partial charge in [0, 0.05) is 6.54 Å². The van der Waals surface area contributed by atoms with Gasteiger partial charge in [0.1, 0.15) is 5.82 Å². The van der Waals surface area contributed by atoms with Gasteiger partial charge in [0.25, 0.3) is 5.56 Å². The number of halogens is 1. The van der Waals surface area contributed by atoms with Crippen molar-refractivity contribution in [2.24, 2.45) is 0 Å². The van der Waals surface area contributed by atoms with Gasteiger partial charge in [-0.2, -0.15) is 0 Å². The Hall–Kier alpha value is -1.51. The summed E-state index contributed by atoms with van der Waals surface area (Å²) in [5, 5.41) is 3.07. The zero-order valence-electron chi connectivity index (χ0n) is 10.7. The fraction of sp³-hybridized carbons (Fsp3) is 0.333. The maximum atomic E-state index is 12.0. The van der Waals surface area contributed by atoms with Gasteiger partial charge in [0.05, 0.1) is 40.2 Å². The van der Waals surface area contributed by atoms with E-state index in [0.29, 0.717) is 10.1 Å². The molecular formula is C12H14IN5O. The molecule has 0 aliphatic carbocycles. The molecule has 0 saturated heterocycles. The predicted molar refractivity (Wildman–Crippen MR) is 81.2 cm³/mol. The SMILES string of the molecule is CCNc1cnc(Cn2cnc(C)c(I)c2=O)cn1. The Balaban J connectivity index is 2.22. The van der Waals surface area contributed by atoms with Gasteiger partial charge in [-0.05, 0) is 36.4 Å². The van der Waals surface area contributed by atoms with Gasteiger partial charge in [0.15, 0.2) is 0 Å². The van der Waals surface area contributed by atoms with Crippen LogP contribution in [0.1, 0.15) is 18.3 Å². The molecule has 2 rings (SSSR count). The first-order chi connectivity index (χ1) is 9.11. The lowest BCUT2D eigenvalue weighted by atomic mass is 10.4. The van der Waals surface area contributed by atoms with Gasteiger partial charge in [-0.3, -0.25) is 14.3 Å². The minimum absolute atomic E-state index is 0.0503. The third-order valence-corrected chi connectivity index (χ3v) is 3.79. The highest BCUT2D eigenvalue weighted by Crippen LogP contribution is 2.04. The first kappa shape index (κ1) is 13.9. The van der Waals surface area contributed by atoms with Gasteiger partial charge in [0.2, 0.25) is 0 Å². The monoisotopic (exact) mass is 371 g/mol. The number of hydrogen-bond acceptors (Lipinski definition) is 5. The summed E-state index contributed by atoms with van der Waals surface area (Å²) < 4.78 is 2.17. The van der Waals surface area contributed by atoms with E-state index in [2.05, 4.69) is 20.3 Å². The van der Waals surface area contributed by atoms with E-state index < -0.39 is 0 Å². The second-order valence-corrected chi connectivity index (χ2v) is 5.08. The van der Waals surface area contributed by atoms with Crippen LogP contribution >= 0.6 is 22.6 Å². The average Bonchev–Trinajstić information content (AvgIpc) is 2.42. The summed E-state index contributed by atoms with van der Waals surface area (Å²) in [6.07, 6.45) is 4.87. The lowest BCUT2D eigenvalue weighted by Gasteiger charge is -2.07. The molecule has 1 N–H and O–H groups in total. The minimum Gasteiger partial charge on any atom is -0.369 e. The summed E-state index contributed by atoms with van der Waals surface area (Å²) in [6.45, 7) is 4.99. The topological polar surface area (TPSA) is 72.7 Å². The second kappa shape index (κ2) is 6.09. The van der Waals surface area contributed by atoms with E-state index in [1.165, 1.54) is 4.57 Å². The molecule has 2 aromatic rings. The van der Waals surface area contributed by atoms with E-state index in [0.717, 1.165) is 23.8 Å². The van der Waals surface area contributed by atoms with Crippen molar-refractivity contribution in [3.05, 3.63) is 44.0 Å². The standard InChI is InChI=1S/C12H14IN5O/c1-3-14-10-5-15-9(4-16-10)6-18-7-17-8(2)11(13)12(18)19/h4-5,7H,3,6H2,1-2H3,(H,14,16). The van der Waals surface area contributed by atoms with E-state index >= 15 is 0 Å². The van der Waals surface area contributed by atoms with Crippen molar-refractivity contribution >= 4 is 28.4 Å². The number of nitrogens with one attached hydrogen (secondary N) is 1. The number of aromatic nitrogens is 4. The van der Waals surface area contributed by atoms with E-state index in [1.54, 1.807) is 18.7 Å². The van der Waals surface area contributed by atoms with Crippen LogP contribution in [0.4, 0.5) is 5.82 Å². The summed E-state index contributed by atoms with van der Waals surface area (Å²) in [7, 11) is 0. The van der Waals surface area contributed by atoms with Crippen molar-refractivity contribution in [1.29, 1.82) is 0 Å². The molecular weight excluding hydrogens is 357 g/mol. The molecule has 7 heteroatoms. The highest BCUT2D eigenvalue weighted by Gasteiger charge is 2.06. The molecule has 0 aliphatic heterocycles. The van der Waals surface area contributed by atoms with Gasteiger partial charge >= 0.3 is 0 Å². The summed E-state index contributed by atoms with van der Waals surface area (Å²) in [6, 6.07) is 0. The van der Waals surface area contributed by atoms with Crippen molar-refractivity contribution in [2.45, 2.75) is 20.4 Å². The number of anilines is 1. The van der Waals surface area contributed by atoms with Crippen LogP contribution in [0.15, 0.2) is 23.5 Å². The van der Waals surface area contributed by atoms with E-state index in [9.17, 15) is 4.79 Å². The maximum absolute atomic E-state index is 12.0. The third kappa shape index (κ3) is 3.28. The summed E-state index contributed by atoms with van der Waals surface area (Å²) in [5.74, 6) is 0.732. The fourth-order valence-corrected chi connectivity index (χ4v) is 1.99. The highest BCUT2D eigenvalue weighted by molar-refractivity contribution is 14.1. The van der Waals surface area contributed by atoms with Crippen LogP contribution in [0.2, 0.25) is 0 Å². The molecule has 0 aliphatic rings. The Labute approximate surface area is 124 Å². The first-order valence-corrected chi connectivity index (χ1v) is 6.96. The Bertz CT molecular complexity index is 623. The normalized spacial score (nSPS) is 10.5. The number of rotatable bonds is 4. The highest BCUT2D eigenvalue weighted by atomic mass is 127. The second-order valence-electron chi connectivity index (χ2n) is 4.00. The molecule has 100 valence electrons. The molecule has 0 bridgehead atoms. The Morgan fingerprint density at radius 1 is 1.32 bits per heavy atom. The molecule has 0 aromatic carbocycles. The quantitative estimate of drug-likeness (QED) is 0.824. The molecule has 0 atom stereocenters. The lowest BCUT2D eigenvalue weighted by Crippen LogP contribution is -2.25. The van der Waals surface area contributed by atoms with Crippen LogP contribution in [0.25, 0.3) is 0 Å². The zero-order chi connectivity index (χ0) is 13.8. The average molecular weight is 371 g/mol. The van der Waals surface area contributed by atoms with Crippen LogP contribution in [0.3, 0.4) is 0 Å². The summed E-state index contributed by atoms with van der Waals surface area (Å²) in [4.78, 5) is 24.7. The molecule has 0 spiro atoms. The molecule has 2 aromatic heterocycles. The van der Waals surface area contributed by atoms with Crippen molar-refractivity contribution < 1.29 is 0 Å². The van der Waals surface area contributed by atoms with Gasteiger partial charge in [-0.15, -0.1) is 0 Å². The Morgan fingerprint density at radius 2 is 2.11 bits per heavy atom. The van der Waals surface area contributed by atoms with Crippen LogP contribution in [0.5, 0.6) is 0 Å². The van der Waals surface area contributed by atoms with Gasteiger partial charge in [-0.25, -0.2) is 9.97 Å². The van der Waals surface area contributed by atoms with E-state index in [1.807, 2.05) is 36.4 Å². The van der Waals surface area contributed by atoms with Gasteiger partial charge in [-0.1, -0.05) is 0 Å². The Morgan fingerprint density at radius 3 is 2.74 bits per heavy atom. The molecule has 6 nitrogen and oxygen atoms in total. The number of nitrogens with zero attached hydrogens (tertiary/aromatic N) is 4. The van der Waals surface area contributed by atoms with Crippen molar-refractivity contribution in [1.82, 2.24) is 19.5 Å². The van der Waals surface area contributed by atoms with E-state index in [-0.39, 0.29) is 5.56 Å². The summed E-state index contributed by atoms with van der Waals surface area (Å²) in [5.41, 5.74) is 1.42. The molecule has 0 amide bonds. The molecule has 19 heavy (non-hydrogen) atoms. The molecule has 0 fully saturated rings. The molecule has 0 saturated carbocycles. The van der Waals surface area contributed by atoms with Crippen molar-refractivity contribution in [3.8, 4) is 0 Å². The Kier molecular flexibility index (Phi) is 4.46. The molecule has 0 unspecified atom stereocenters. The van der Waals surface area contributed by atoms with Gasteiger partial charge < -0.3 is 5.32 Å². The maximum Gasteiger partial charge on any atom is 0.267 e. The lowest BCUT2D eigenvalue weighted by molar-refractivity contribution is 0.704. The fourth-order valence-electron chi connectivity index (χ4n) is 1.54. The molecule has 2 heterocycles. The number of aryl methyl sites for hydroxylation is 1. The van der Waals surface area contributed by atoms with E-state index in [4.69, 9.17) is 0 Å². The first-order valence-electron chi connectivity index (χ1n) is 5.88.